The van der Waals surface area contributed by atoms with Crippen molar-refractivity contribution in [3.05, 3.63) is 52.9 Å². The van der Waals surface area contributed by atoms with Crippen LogP contribution < -0.4 is 5.32 Å². The minimum atomic E-state index is -0.0507. The highest BCUT2D eigenvalue weighted by Gasteiger charge is 2.26. The highest BCUT2D eigenvalue weighted by atomic mass is 16.5. The maximum absolute atomic E-state index is 11.9. The van der Waals surface area contributed by atoms with E-state index in [0.29, 0.717) is 5.56 Å². The summed E-state index contributed by atoms with van der Waals surface area (Å²) in [5.74, 6) is 0.791. The predicted octanol–water partition coefficient (Wildman–Crippen LogP) is 1.83. The zero-order valence-corrected chi connectivity index (χ0v) is 14.5. The van der Waals surface area contributed by atoms with Gasteiger partial charge in [0.05, 0.1) is 5.69 Å². The number of piperazine rings is 1. The Labute approximate surface area is 142 Å². The van der Waals surface area contributed by atoms with Crippen molar-refractivity contribution in [3.63, 3.8) is 0 Å². The summed E-state index contributed by atoms with van der Waals surface area (Å²) in [4.78, 5) is 16.6. The lowest BCUT2D eigenvalue weighted by atomic mass is 10.00. The van der Waals surface area contributed by atoms with Crippen LogP contribution in [0.15, 0.2) is 34.9 Å². The van der Waals surface area contributed by atoms with Gasteiger partial charge in [0.1, 0.15) is 5.76 Å². The lowest BCUT2D eigenvalue weighted by Crippen LogP contribution is -2.46. The first-order valence-electron chi connectivity index (χ1n) is 8.23. The fourth-order valence-electron chi connectivity index (χ4n) is 3.19. The molecule has 2 heterocycles. The summed E-state index contributed by atoms with van der Waals surface area (Å²) in [7, 11) is 3.79. The molecule has 24 heavy (non-hydrogen) atoms. The van der Waals surface area contributed by atoms with Crippen LogP contribution in [0.25, 0.3) is 0 Å². The summed E-state index contributed by atoms with van der Waals surface area (Å²) in [5.41, 5.74) is 2.84. The van der Waals surface area contributed by atoms with E-state index in [4.69, 9.17) is 4.52 Å². The summed E-state index contributed by atoms with van der Waals surface area (Å²) >= 11 is 0. The van der Waals surface area contributed by atoms with Gasteiger partial charge < -0.3 is 9.84 Å². The maximum atomic E-state index is 11.9. The van der Waals surface area contributed by atoms with Crippen LogP contribution in [0.4, 0.5) is 0 Å². The normalized spacial score (nSPS) is 19.4. The average Bonchev–Trinajstić information content (AvgIpc) is 3.01. The first kappa shape index (κ1) is 16.7. The van der Waals surface area contributed by atoms with E-state index in [0.717, 1.165) is 37.6 Å². The second-order valence-electron chi connectivity index (χ2n) is 6.37. The molecule has 6 heteroatoms. The number of carbonyl (C=O) groups is 1. The molecule has 0 aliphatic carbocycles. The molecule has 1 N–H and O–H groups in total. The van der Waals surface area contributed by atoms with E-state index in [1.807, 2.05) is 31.2 Å². The second kappa shape index (κ2) is 7.15. The van der Waals surface area contributed by atoms with Crippen molar-refractivity contribution in [1.82, 2.24) is 20.3 Å². The highest BCUT2D eigenvalue weighted by Crippen LogP contribution is 2.25. The van der Waals surface area contributed by atoms with Gasteiger partial charge in [-0.05, 0) is 31.7 Å². The van der Waals surface area contributed by atoms with E-state index in [1.54, 1.807) is 7.05 Å². The monoisotopic (exact) mass is 328 g/mol. The van der Waals surface area contributed by atoms with Crippen LogP contribution in [0.3, 0.4) is 0 Å². The van der Waals surface area contributed by atoms with Crippen LogP contribution >= 0.6 is 0 Å². The van der Waals surface area contributed by atoms with Crippen molar-refractivity contribution in [2.24, 2.45) is 0 Å². The third-order valence-corrected chi connectivity index (χ3v) is 4.56. The SMILES string of the molecule is CNC(=O)c1cccc(C2CN(Cc3cc(C)on3)CCN2C)c1. The standard InChI is InChI=1S/C18H24N4O2/c1-13-9-16(20-24-13)11-22-8-7-21(3)17(12-22)14-5-4-6-15(10-14)18(23)19-2/h4-6,9-10,17H,7-8,11-12H2,1-3H3,(H,19,23). The molecule has 0 radical (unpaired) electrons. The summed E-state index contributed by atoms with van der Waals surface area (Å²) in [6.45, 7) is 5.57. The summed E-state index contributed by atoms with van der Waals surface area (Å²) in [6, 6.07) is 10.1. The summed E-state index contributed by atoms with van der Waals surface area (Å²) < 4.78 is 5.16. The van der Waals surface area contributed by atoms with Crippen molar-refractivity contribution >= 4 is 5.91 Å². The Hall–Kier alpha value is -2.18. The number of hydrogen-bond donors (Lipinski definition) is 1. The number of nitrogens with one attached hydrogen (secondary N) is 1. The smallest absolute Gasteiger partial charge is 0.251 e. The third kappa shape index (κ3) is 3.66. The quantitative estimate of drug-likeness (QED) is 0.928. The minimum absolute atomic E-state index is 0.0507. The zero-order chi connectivity index (χ0) is 17.1. The van der Waals surface area contributed by atoms with Crippen molar-refractivity contribution in [2.75, 3.05) is 33.7 Å². The van der Waals surface area contributed by atoms with Crippen molar-refractivity contribution in [3.8, 4) is 0 Å². The molecule has 128 valence electrons. The molecule has 1 fully saturated rings. The van der Waals surface area contributed by atoms with E-state index >= 15 is 0 Å². The molecule has 1 aliphatic heterocycles. The van der Waals surface area contributed by atoms with E-state index in [-0.39, 0.29) is 11.9 Å². The van der Waals surface area contributed by atoms with Gasteiger partial charge in [-0.3, -0.25) is 14.6 Å². The molecule has 1 unspecified atom stereocenters. The molecule has 3 rings (SSSR count). The van der Waals surface area contributed by atoms with Crippen molar-refractivity contribution in [1.29, 1.82) is 0 Å². The third-order valence-electron chi connectivity index (χ3n) is 4.56. The molecule has 0 spiro atoms. The zero-order valence-electron chi connectivity index (χ0n) is 14.5. The topological polar surface area (TPSA) is 61.6 Å². The Balaban J connectivity index is 1.75. The molecule has 1 aromatic heterocycles. The van der Waals surface area contributed by atoms with Crippen LogP contribution in [0.1, 0.15) is 33.4 Å². The first-order valence-corrected chi connectivity index (χ1v) is 8.23. The van der Waals surface area contributed by atoms with Gasteiger partial charge in [0.25, 0.3) is 5.91 Å². The van der Waals surface area contributed by atoms with E-state index in [2.05, 4.69) is 33.4 Å². The number of aryl methyl sites for hydroxylation is 1. The molecule has 0 bridgehead atoms. The predicted molar refractivity (Wildman–Crippen MR) is 91.7 cm³/mol. The van der Waals surface area contributed by atoms with Gasteiger partial charge in [-0.2, -0.15) is 0 Å². The average molecular weight is 328 g/mol. The number of benzene rings is 1. The number of amides is 1. The Bertz CT molecular complexity index is 713. The van der Waals surface area contributed by atoms with Gasteiger partial charge in [-0.25, -0.2) is 0 Å². The van der Waals surface area contributed by atoms with Gasteiger partial charge >= 0.3 is 0 Å². The van der Waals surface area contributed by atoms with Gasteiger partial charge in [0.2, 0.25) is 0 Å². The molecule has 1 amide bonds. The lowest BCUT2D eigenvalue weighted by molar-refractivity contribution is 0.0885. The molecular formula is C18H24N4O2. The number of hydrogen-bond acceptors (Lipinski definition) is 5. The van der Waals surface area contributed by atoms with Gasteiger partial charge in [0, 0.05) is 50.9 Å². The molecule has 1 aliphatic rings. The van der Waals surface area contributed by atoms with E-state index in [1.165, 1.54) is 5.56 Å². The lowest BCUT2D eigenvalue weighted by Gasteiger charge is -2.39. The fourth-order valence-corrected chi connectivity index (χ4v) is 3.19. The van der Waals surface area contributed by atoms with Crippen LogP contribution in [0, 0.1) is 6.92 Å². The minimum Gasteiger partial charge on any atom is -0.361 e. The van der Waals surface area contributed by atoms with Gasteiger partial charge in [-0.1, -0.05) is 17.3 Å². The van der Waals surface area contributed by atoms with Gasteiger partial charge in [-0.15, -0.1) is 0 Å². The molecule has 0 saturated carbocycles. The Morgan fingerprint density at radius 2 is 2.21 bits per heavy atom. The second-order valence-corrected chi connectivity index (χ2v) is 6.37. The van der Waals surface area contributed by atoms with Crippen LogP contribution in [0.2, 0.25) is 0 Å². The van der Waals surface area contributed by atoms with E-state index < -0.39 is 0 Å². The number of nitrogens with zero attached hydrogens (tertiary/aromatic N) is 3. The molecule has 6 nitrogen and oxygen atoms in total. The van der Waals surface area contributed by atoms with Crippen molar-refractivity contribution < 1.29 is 9.32 Å². The molecular weight excluding hydrogens is 304 g/mol. The van der Waals surface area contributed by atoms with Crippen LogP contribution in [-0.4, -0.2) is 54.6 Å². The number of rotatable bonds is 4. The van der Waals surface area contributed by atoms with E-state index in [9.17, 15) is 4.79 Å². The maximum Gasteiger partial charge on any atom is 0.251 e. The highest BCUT2D eigenvalue weighted by molar-refractivity contribution is 5.94. The summed E-state index contributed by atoms with van der Waals surface area (Å²) in [5, 5.41) is 6.78. The molecule has 1 aromatic carbocycles. The fraction of sp³-hybridized carbons (Fsp3) is 0.444. The van der Waals surface area contributed by atoms with Crippen LogP contribution in [0.5, 0.6) is 0 Å². The Morgan fingerprint density at radius 3 is 2.92 bits per heavy atom. The van der Waals surface area contributed by atoms with Gasteiger partial charge in [0.15, 0.2) is 0 Å². The Morgan fingerprint density at radius 1 is 1.38 bits per heavy atom. The summed E-state index contributed by atoms with van der Waals surface area (Å²) in [6.07, 6.45) is 0. The number of likely N-dealkylation sites (N-methyl/N-ethyl adjacent to an activating group) is 1. The molecule has 2 aromatic rings. The number of aromatic nitrogens is 1. The van der Waals surface area contributed by atoms with Crippen LogP contribution in [-0.2, 0) is 6.54 Å². The Kier molecular flexibility index (Phi) is 4.97. The first-order chi connectivity index (χ1) is 11.6. The molecule has 1 atom stereocenters. The number of carbonyl (C=O) groups excluding carboxylic acids is 1. The largest absolute Gasteiger partial charge is 0.361 e. The molecule has 1 saturated heterocycles. The van der Waals surface area contributed by atoms with Crippen molar-refractivity contribution in [2.45, 2.75) is 19.5 Å².